The van der Waals surface area contributed by atoms with Gasteiger partial charge in [0.1, 0.15) is 11.4 Å². The Kier molecular flexibility index (Phi) is 4.66. The van der Waals surface area contributed by atoms with Gasteiger partial charge in [0.05, 0.1) is 26.1 Å². The molecule has 1 aliphatic carbocycles. The van der Waals surface area contributed by atoms with Crippen molar-refractivity contribution in [3.05, 3.63) is 40.7 Å². The van der Waals surface area contributed by atoms with Gasteiger partial charge in [-0.05, 0) is 31.6 Å². The SMILES string of the molecule is COc1cc(OC)c(F)c(C2CCCc3c(-c4[nH]ncc4N)n[nH]c3C2)c1F. The molecule has 2 aromatic heterocycles. The number of ether oxygens (including phenoxy) is 2. The maximum absolute atomic E-state index is 14.9. The van der Waals surface area contributed by atoms with Gasteiger partial charge in [0, 0.05) is 22.9 Å². The van der Waals surface area contributed by atoms with Crippen LogP contribution in [-0.2, 0) is 12.8 Å². The van der Waals surface area contributed by atoms with E-state index in [1.165, 1.54) is 26.5 Å². The molecule has 148 valence electrons. The van der Waals surface area contributed by atoms with E-state index in [1.54, 1.807) is 0 Å². The van der Waals surface area contributed by atoms with E-state index in [4.69, 9.17) is 15.2 Å². The summed E-state index contributed by atoms with van der Waals surface area (Å²) < 4.78 is 40.0. The minimum Gasteiger partial charge on any atom is -0.494 e. The second kappa shape index (κ2) is 7.14. The third-order valence-corrected chi connectivity index (χ3v) is 5.30. The number of methoxy groups -OCH3 is 2. The van der Waals surface area contributed by atoms with E-state index < -0.39 is 11.6 Å². The van der Waals surface area contributed by atoms with Crippen LogP contribution in [-0.4, -0.2) is 34.6 Å². The Bertz CT molecular complexity index is 986. The molecule has 7 nitrogen and oxygen atoms in total. The first-order valence-electron chi connectivity index (χ1n) is 9.00. The van der Waals surface area contributed by atoms with Crippen molar-refractivity contribution < 1.29 is 18.3 Å². The molecule has 0 bridgehead atoms. The molecule has 3 aromatic rings. The third-order valence-electron chi connectivity index (χ3n) is 5.30. The predicted molar refractivity (Wildman–Crippen MR) is 99.4 cm³/mol. The zero-order valence-electron chi connectivity index (χ0n) is 15.6. The number of nitrogen functional groups attached to an aromatic ring is 1. The maximum Gasteiger partial charge on any atom is 0.171 e. The smallest absolute Gasteiger partial charge is 0.171 e. The van der Waals surface area contributed by atoms with Crippen LogP contribution >= 0.6 is 0 Å². The molecule has 0 saturated carbocycles. The number of nitrogens with zero attached hydrogens (tertiary/aromatic N) is 2. The average molecular weight is 389 g/mol. The summed E-state index contributed by atoms with van der Waals surface area (Å²) in [5, 5.41) is 14.2. The number of hydrogen-bond acceptors (Lipinski definition) is 5. The Labute approximate surface area is 160 Å². The van der Waals surface area contributed by atoms with Crippen molar-refractivity contribution in [2.75, 3.05) is 20.0 Å². The number of nitrogens with one attached hydrogen (secondary N) is 2. The van der Waals surface area contributed by atoms with Crippen molar-refractivity contribution >= 4 is 5.69 Å². The van der Waals surface area contributed by atoms with Crippen molar-refractivity contribution in [2.24, 2.45) is 0 Å². The average Bonchev–Trinajstić information content (AvgIpc) is 3.21. The van der Waals surface area contributed by atoms with E-state index in [2.05, 4.69) is 20.4 Å². The number of rotatable bonds is 4. The number of fused-ring (bicyclic) bond motifs is 1. The molecular weight excluding hydrogens is 368 g/mol. The Morgan fingerprint density at radius 3 is 2.46 bits per heavy atom. The normalized spacial score (nSPS) is 16.5. The lowest BCUT2D eigenvalue weighted by atomic mass is 9.90. The zero-order chi connectivity index (χ0) is 19.8. The van der Waals surface area contributed by atoms with Gasteiger partial charge in [-0.15, -0.1) is 0 Å². The number of nitrogens with two attached hydrogens (primary N) is 1. The Balaban J connectivity index is 1.76. The summed E-state index contributed by atoms with van der Waals surface area (Å²) in [6, 6.07) is 1.23. The van der Waals surface area contributed by atoms with Crippen molar-refractivity contribution in [1.29, 1.82) is 0 Å². The molecule has 4 rings (SSSR count). The second-order valence-corrected chi connectivity index (χ2v) is 6.85. The van der Waals surface area contributed by atoms with E-state index >= 15 is 0 Å². The number of anilines is 1. The first-order valence-corrected chi connectivity index (χ1v) is 9.00. The molecular formula is C19H21F2N5O2. The van der Waals surface area contributed by atoms with Crippen LogP contribution in [0.25, 0.3) is 11.4 Å². The summed E-state index contributed by atoms with van der Waals surface area (Å²) >= 11 is 0. The van der Waals surface area contributed by atoms with E-state index in [0.717, 1.165) is 24.1 Å². The fourth-order valence-corrected chi connectivity index (χ4v) is 3.91. The number of aromatic amines is 2. The first-order chi connectivity index (χ1) is 13.5. The lowest BCUT2D eigenvalue weighted by Crippen LogP contribution is -2.10. The van der Waals surface area contributed by atoms with Gasteiger partial charge in [0.25, 0.3) is 0 Å². The first kappa shape index (κ1) is 18.3. The van der Waals surface area contributed by atoms with Crippen molar-refractivity contribution in [3.63, 3.8) is 0 Å². The highest BCUT2D eigenvalue weighted by molar-refractivity contribution is 5.72. The lowest BCUT2D eigenvalue weighted by molar-refractivity contribution is 0.348. The van der Waals surface area contributed by atoms with E-state index in [9.17, 15) is 8.78 Å². The fraction of sp³-hybridized carbons (Fsp3) is 0.368. The molecule has 1 unspecified atom stereocenters. The van der Waals surface area contributed by atoms with E-state index in [1.807, 2.05) is 0 Å². The van der Waals surface area contributed by atoms with Gasteiger partial charge < -0.3 is 15.2 Å². The summed E-state index contributed by atoms with van der Waals surface area (Å²) in [7, 11) is 2.70. The third kappa shape index (κ3) is 2.87. The Morgan fingerprint density at radius 1 is 1.14 bits per heavy atom. The van der Waals surface area contributed by atoms with Gasteiger partial charge >= 0.3 is 0 Å². The predicted octanol–water partition coefficient (Wildman–Crippen LogP) is 3.34. The topological polar surface area (TPSA) is 102 Å². The highest BCUT2D eigenvalue weighted by Gasteiger charge is 2.30. The molecule has 0 amide bonds. The quantitative estimate of drug-likeness (QED) is 0.594. The minimum absolute atomic E-state index is 0.0127. The minimum atomic E-state index is -0.688. The molecule has 4 N–H and O–H groups in total. The second-order valence-electron chi connectivity index (χ2n) is 6.85. The van der Waals surface area contributed by atoms with Gasteiger partial charge in [-0.3, -0.25) is 10.2 Å². The van der Waals surface area contributed by atoms with Crippen molar-refractivity contribution in [3.8, 4) is 22.9 Å². The van der Waals surface area contributed by atoms with E-state index in [-0.39, 0.29) is 23.0 Å². The van der Waals surface area contributed by atoms with Crippen LogP contribution in [0, 0.1) is 11.6 Å². The lowest BCUT2D eigenvalue weighted by Gasteiger charge is -2.19. The molecule has 1 aromatic carbocycles. The van der Waals surface area contributed by atoms with E-state index in [0.29, 0.717) is 29.9 Å². The van der Waals surface area contributed by atoms with Crippen LogP contribution in [0.15, 0.2) is 12.3 Å². The Morgan fingerprint density at radius 2 is 1.86 bits per heavy atom. The molecule has 0 aliphatic heterocycles. The molecule has 1 atom stereocenters. The monoisotopic (exact) mass is 389 g/mol. The van der Waals surface area contributed by atoms with Gasteiger partial charge in [-0.25, -0.2) is 8.78 Å². The standard InChI is InChI=1S/C19H21F2N5O2/c1-27-13-7-14(28-2)17(21)15(16(13)20)9-4-3-5-10-12(6-9)24-26-18(10)19-11(22)8-23-25-19/h7-9H,3-6,22H2,1-2H3,(H,23,25)(H,24,26). The van der Waals surface area contributed by atoms with Gasteiger partial charge in [-0.2, -0.15) is 10.2 Å². The maximum atomic E-state index is 14.9. The summed E-state index contributed by atoms with van der Waals surface area (Å²) in [5.74, 6) is -1.82. The molecule has 0 radical (unpaired) electrons. The summed E-state index contributed by atoms with van der Waals surface area (Å²) in [6.07, 6.45) is 4.03. The molecule has 28 heavy (non-hydrogen) atoms. The number of aromatic nitrogens is 4. The molecule has 9 heteroatoms. The molecule has 0 spiro atoms. The van der Waals surface area contributed by atoms with Crippen LogP contribution in [0.1, 0.15) is 35.6 Å². The number of benzene rings is 1. The number of H-pyrrole nitrogens is 2. The molecule has 0 saturated heterocycles. The van der Waals surface area contributed by atoms with Crippen molar-refractivity contribution in [2.45, 2.75) is 31.6 Å². The summed E-state index contributed by atoms with van der Waals surface area (Å²) in [4.78, 5) is 0. The largest absolute Gasteiger partial charge is 0.494 e. The number of hydrogen-bond donors (Lipinski definition) is 3. The molecule has 1 aliphatic rings. The highest BCUT2D eigenvalue weighted by Crippen LogP contribution is 2.41. The van der Waals surface area contributed by atoms with Crippen LogP contribution < -0.4 is 15.2 Å². The highest BCUT2D eigenvalue weighted by atomic mass is 19.1. The van der Waals surface area contributed by atoms with Crippen LogP contribution in [0.3, 0.4) is 0 Å². The molecule has 2 heterocycles. The summed E-state index contributed by atoms with van der Waals surface area (Å²) in [5.41, 5.74) is 9.63. The van der Waals surface area contributed by atoms with Crippen LogP contribution in [0.5, 0.6) is 11.5 Å². The van der Waals surface area contributed by atoms with Gasteiger partial charge in [-0.1, -0.05) is 0 Å². The van der Waals surface area contributed by atoms with Crippen molar-refractivity contribution in [1.82, 2.24) is 20.4 Å². The van der Waals surface area contributed by atoms with Gasteiger partial charge in [0.15, 0.2) is 23.1 Å². The summed E-state index contributed by atoms with van der Waals surface area (Å²) in [6.45, 7) is 0. The number of halogens is 2. The molecule has 0 fully saturated rings. The van der Waals surface area contributed by atoms with Crippen LogP contribution in [0.4, 0.5) is 14.5 Å². The van der Waals surface area contributed by atoms with Gasteiger partial charge in [0.2, 0.25) is 0 Å². The Hall–Kier alpha value is -3.10. The van der Waals surface area contributed by atoms with Crippen LogP contribution in [0.2, 0.25) is 0 Å². The fourth-order valence-electron chi connectivity index (χ4n) is 3.91. The zero-order valence-corrected chi connectivity index (χ0v) is 15.6.